The lowest BCUT2D eigenvalue weighted by Crippen LogP contribution is -2.81. The highest BCUT2D eigenvalue weighted by molar-refractivity contribution is 5.95. The van der Waals surface area contributed by atoms with Crippen molar-refractivity contribution in [1.29, 1.82) is 0 Å². The number of hydrogen-bond donors (Lipinski definition) is 2. The summed E-state index contributed by atoms with van der Waals surface area (Å²) in [6.45, 7) is 5.61. The van der Waals surface area contributed by atoms with Gasteiger partial charge in [-0.15, -0.1) is 0 Å². The summed E-state index contributed by atoms with van der Waals surface area (Å²) in [6.07, 6.45) is -7.90. The van der Waals surface area contributed by atoms with Gasteiger partial charge in [-0.1, -0.05) is 37.3 Å². The lowest BCUT2D eigenvalue weighted by molar-refractivity contribution is -0.300. The van der Waals surface area contributed by atoms with E-state index in [1.807, 2.05) is 0 Å². The van der Waals surface area contributed by atoms with Crippen LogP contribution in [0, 0.1) is 22.7 Å². The second-order valence-corrected chi connectivity index (χ2v) is 14.1. The monoisotopic (exact) mass is 714 g/mol. The Hall–Kier alpha value is -4.47. The second kappa shape index (κ2) is 13.6. The first kappa shape index (κ1) is 37.8. The van der Waals surface area contributed by atoms with Crippen LogP contribution in [-0.2, 0) is 62.0 Å². The number of hydrogen-bond acceptors (Lipinski definition) is 15. The van der Waals surface area contributed by atoms with Gasteiger partial charge < -0.3 is 38.6 Å². The van der Waals surface area contributed by atoms with Crippen molar-refractivity contribution < 1.29 is 72.2 Å². The summed E-state index contributed by atoms with van der Waals surface area (Å²) in [5.74, 6) is -9.51. The second-order valence-electron chi connectivity index (χ2n) is 14.1. The molecule has 15 heteroatoms. The normalized spacial score (nSPS) is 38.5. The fourth-order valence-corrected chi connectivity index (χ4v) is 8.79. The summed E-state index contributed by atoms with van der Waals surface area (Å²) in [5.41, 5.74) is -7.99. The zero-order valence-electron chi connectivity index (χ0n) is 29.1. The van der Waals surface area contributed by atoms with Gasteiger partial charge in [0.15, 0.2) is 23.3 Å². The van der Waals surface area contributed by atoms with E-state index in [9.17, 15) is 43.8 Å². The Morgan fingerprint density at radius 2 is 1.53 bits per heavy atom. The number of ether oxygens (including phenoxy) is 6. The van der Waals surface area contributed by atoms with Crippen LogP contribution in [0.25, 0.3) is 6.08 Å². The van der Waals surface area contributed by atoms with Gasteiger partial charge in [0.2, 0.25) is 0 Å². The van der Waals surface area contributed by atoms with E-state index < -0.39 is 125 Å². The number of carbonyl (C=O) groups is 7. The number of ketones is 2. The maximum Gasteiger partial charge on any atom is 0.331 e. The van der Waals surface area contributed by atoms with Gasteiger partial charge >= 0.3 is 29.8 Å². The van der Waals surface area contributed by atoms with E-state index in [2.05, 4.69) is 0 Å². The van der Waals surface area contributed by atoms with E-state index in [1.54, 1.807) is 30.3 Å². The van der Waals surface area contributed by atoms with Gasteiger partial charge in [0, 0.05) is 57.9 Å². The van der Waals surface area contributed by atoms with E-state index >= 15 is 0 Å². The van der Waals surface area contributed by atoms with Crippen molar-refractivity contribution in [2.24, 2.45) is 22.7 Å². The van der Waals surface area contributed by atoms with Gasteiger partial charge in [-0.2, -0.15) is 0 Å². The summed E-state index contributed by atoms with van der Waals surface area (Å²) in [5, 5.41) is 25.2. The molecule has 51 heavy (non-hydrogen) atoms. The molecule has 15 nitrogen and oxygen atoms in total. The molecule has 5 rings (SSSR count). The number of aliphatic hydroxyl groups excluding tert-OH is 1. The molecule has 3 aliphatic carbocycles. The SMILES string of the molecule is CC(=O)OCC12C(OC(C)=O)CC(OC(=O)C=Cc3ccccc3)C(=O)C1C(OC(C)=O)C1CC(=O)C3(C)OCC1(C)C3(O)C(O)C2OC(C)=O. The molecule has 2 N–H and O–H groups in total. The predicted molar refractivity (Wildman–Crippen MR) is 171 cm³/mol. The van der Waals surface area contributed by atoms with E-state index in [-0.39, 0.29) is 6.61 Å². The van der Waals surface area contributed by atoms with Crippen LogP contribution in [0.3, 0.4) is 0 Å². The van der Waals surface area contributed by atoms with Crippen LogP contribution in [0.15, 0.2) is 36.4 Å². The highest BCUT2D eigenvalue weighted by Gasteiger charge is 2.83. The largest absolute Gasteiger partial charge is 0.465 e. The Bertz CT molecular complexity index is 1650. The lowest BCUT2D eigenvalue weighted by Gasteiger charge is -2.63. The van der Waals surface area contributed by atoms with Crippen molar-refractivity contribution >= 4 is 47.5 Å². The number of rotatable bonds is 8. The number of Topliss-reactive ketones (excluding diaryl/α,β-unsaturated/α-hetero) is 2. The molecule has 4 bridgehead atoms. The smallest absolute Gasteiger partial charge is 0.331 e. The third-order valence-electron chi connectivity index (χ3n) is 11.1. The molecule has 4 aliphatic rings. The zero-order valence-corrected chi connectivity index (χ0v) is 29.1. The van der Waals surface area contributed by atoms with E-state index in [1.165, 1.54) is 19.9 Å². The van der Waals surface area contributed by atoms with Crippen LogP contribution in [0.4, 0.5) is 0 Å². The fraction of sp³-hybridized carbons (Fsp3) is 0.583. The molecule has 3 saturated carbocycles. The molecule has 1 aromatic carbocycles. The average molecular weight is 715 g/mol. The Labute approximate surface area is 293 Å². The van der Waals surface area contributed by atoms with Gasteiger partial charge in [-0.3, -0.25) is 28.8 Å². The Morgan fingerprint density at radius 1 is 0.902 bits per heavy atom. The molecule has 0 spiro atoms. The quantitative estimate of drug-likeness (QED) is 0.219. The first-order valence-electron chi connectivity index (χ1n) is 16.5. The molecule has 0 aromatic heterocycles. The highest BCUT2D eigenvalue weighted by atomic mass is 16.6. The van der Waals surface area contributed by atoms with E-state index in [4.69, 9.17) is 28.4 Å². The lowest BCUT2D eigenvalue weighted by atomic mass is 9.44. The van der Waals surface area contributed by atoms with Gasteiger partial charge in [0.25, 0.3) is 0 Å². The number of benzene rings is 1. The number of fused-ring (bicyclic) bond motifs is 1. The molecule has 1 aromatic rings. The molecule has 1 saturated heterocycles. The molecule has 0 radical (unpaired) electrons. The van der Waals surface area contributed by atoms with Crippen molar-refractivity contribution in [3.05, 3.63) is 42.0 Å². The molecule has 11 unspecified atom stereocenters. The maximum absolute atomic E-state index is 15.0. The van der Waals surface area contributed by atoms with Crippen LogP contribution >= 0.6 is 0 Å². The molecule has 11 atom stereocenters. The van der Waals surface area contributed by atoms with E-state index in [0.29, 0.717) is 5.56 Å². The Balaban J connectivity index is 1.78. The van der Waals surface area contributed by atoms with Crippen molar-refractivity contribution in [3.63, 3.8) is 0 Å². The van der Waals surface area contributed by atoms with Crippen molar-refractivity contribution in [2.75, 3.05) is 13.2 Å². The predicted octanol–water partition coefficient (Wildman–Crippen LogP) is 1.04. The topological polar surface area (TPSA) is 215 Å². The third-order valence-corrected chi connectivity index (χ3v) is 11.1. The molecule has 276 valence electrons. The summed E-state index contributed by atoms with van der Waals surface area (Å²) in [6, 6.07) is 8.71. The maximum atomic E-state index is 15.0. The minimum Gasteiger partial charge on any atom is -0.465 e. The van der Waals surface area contributed by atoms with E-state index in [0.717, 1.165) is 33.8 Å². The third kappa shape index (κ3) is 6.04. The molecule has 1 aliphatic heterocycles. The average Bonchev–Trinajstić information content (AvgIpc) is 3.20. The zero-order chi connectivity index (χ0) is 37.7. The summed E-state index contributed by atoms with van der Waals surface area (Å²) in [4.78, 5) is 93.1. The summed E-state index contributed by atoms with van der Waals surface area (Å²) >= 11 is 0. The minimum absolute atomic E-state index is 0.369. The van der Waals surface area contributed by atoms with Crippen LogP contribution < -0.4 is 0 Å². The molecule has 0 amide bonds. The van der Waals surface area contributed by atoms with Crippen LogP contribution in [0.1, 0.15) is 59.9 Å². The fourth-order valence-electron chi connectivity index (χ4n) is 8.79. The molecule has 1 heterocycles. The van der Waals surface area contributed by atoms with Gasteiger partial charge in [-0.05, 0) is 18.6 Å². The number of carbonyl (C=O) groups excluding carboxylic acids is 7. The van der Waals surface area contributed by atoms with Gasteiger partial charge in [-0.25, -0.2) is 4.79 Å². The Kier molecular flexibility index (Phi) is 10.1. The van der Waals surface area contributed by atoms with Crippen LogP contribution in [-0.4, -0.2) is 107 Å². The first-order valence-corrected chi connectivity index (χ1v) is 16.5. The molecular weight excluding hydrogens is 672 g/mol. The van der Waals surface area contributed by atoms with Crippen molar-refractivity contribution in [1.82, 2.24) is 0 Å². The molecular formula is C36H42O15. The first-order chi connectivity index (χ1) is 23.8. The number of esters is 5. The standard InChI is InChI=1S/C36H42O15/c1-18(37)46-17-35-26(48-19(2)38)15-24(51-27(42)13-12-22-10-8-7-9-11-22)29(43)28(35)30(49-20(3)39)23-14-25(41)34(6)36(45,33(23,5)16-47-34)31(44)32(35)50-21(4)40/h7-13,23-24,26,28,30-32,44-45H,14-17H2,1-6H3. The van der Waals surface area contributed by atoms with Crippen molar-refractivity contribution in [3.8, 4) is 0 Å². The summed E-state index contributed by atoms with van der Waals surface area (Å²) < 4.78 is 34.5. The van der Waals surface area contributed by atoms with Gasteiger partial charge in [0.1, 0.15) is 36.6 Å². The van der Waals surface area contributed by atoms with Crippen molar-refractivity contribution in [2.45, 2.75) is 96.1 Å². The van der Waals surface area contributed by atoms with Gasteiger partial charge in [0.05, 0.1) is 17.9 Å². The number of aliphatic hydroxyl groups is 2. The minimum atomic E-state index is -2.58. The Morgan fingerprint density at radius 3 is 2.12 bits per heavy atom. The van der Waals surface area contributed by atoms with Crippen LogP contribution in [0.2, 0.25) is 0 Å². The highest BCUT2D eigenvalue weighted by Crippen LogP contribution is 2.66. The van der Waals surface area contributed by atoms with Crippen LogP contribution in [0.5, 0.6) is 0 Å². The summed E-state index contributed by atoms with van der Waals surface area (Å²) in [7, 11) is 0. The molecule has 4 fully saturated rings.